The molecule has 6 nitrogen and oxygen atoms in total. The molecule has 0 unspecified atom stereocenters. The predicted octanol–water partition coefficient (Wildman–Crippen LogP) is 0.659. The summed E-state index contributed by atoms with van der Waals surface area (Å²) in [5.41, 5.74) is 5.25. The molecular weight excluding hydrogens is 256 g/mol. The second kappa shape index (κ2) is 4.69. The van der Waals surface area contributed by atoms with Gasteiger partial charge in [-0.15, -0.1) is 0 Å². The van der Waals surface area contributed by atoms with Crippen molar-refractivity contribution in [2.75, 3.05) is 13.7 Å². The molecule has 0 radical (unpaired) electrons. The zero-order valence-electron chi connectivity index (χ0n) is 9.66. The summed E-state index contributed by atoms with van der Waals surface area (Å²) < 4.78 is 33.5. The van der Waals surface area contributed by atoms with Crippen LogP contribution in [0.3, 0.4) is 0 Å². The van der Waals surface area contributed by atoms with E-state index in [0.717, 1.165) is 0 Å². The summed E-state index contributed by atoms with van der Waals surface area (Å²) in [5, 5.41) is -0.393. The molecule has 7 heteroatoms. The maximum absolute atomic E-state index is 11.6. The van der Waals surface area contributed by atoms with E-state index in [4.69, 9.17) is 15.2 Å². The normalized spacial score (nSPS) is 16.9. The number of aliphatic imine (C=N–C) groups is 1. The lowest BCUT2D eigenvalue weighted by Crippen LogP contribution is -2.23. The molecule has 0 amide bonds. The van der Waals surface area contributed by atoms with Gasteiger partial charge in [-0.25, -0.2) is 13.4 Å². The molecule has 18 heavy (non-hydrogen) atoms. The van der Waals surface area contributed by atoms with Gasteiger partial charge in [0.15, 0.2) is 0 Å². The fraction of sp³-hybridized carbons (Fsp3) is 0.182. The molecule has 1 aliphatic rings. The van der Waals surface area contributed by atoms with Gasteiger partial charge in [0.25, 0.3) is 0 Å². The average molecular weight is 268 g/mol. The Morgan fingerprint density at radius 1 is 1.22 bits per heavy atom. The van der Waals surface area contributed by atoms with E-state index in [1.807, 2.05) is 0 Å². The smallest absolute Gasteiger partial charge is 0.240 e. The van der Waals surface area contributed by atoms with Crippen molar-refractivity contribution >= 4 is 15.0 Å². The average Bonchev–Trinajstić information content (AvgIpc) is 2.63. The van der Waals surface area contributed by atoms with Crippen molar-refractivity contribution in [3.8, 4) is 11.5 Å². The van der Waals surface area contributed by atoms with Crippen LogP contribution in [0.25, 0.3) is 0 Å². The van der Waals surface area contributed by atoms with Crippen LogP contribution in [-0.2, 0) is 9.84 Å². The first-order valence-electron chi connectivity index (χ1n) is 5.08. The molecule has 0 bridgehead atoms. The van der Waals surface area contributed by atoms with Gasteiger partial charge in [-0.2, -0.15) is 0 Å². The van der Waals surface area contributed by atoms with Crippen molar-refractivity contribution in [2.45, 2.75) is 0 Å². The number of nitrogens with two attached hydrogens (primary N) is 1. The Kier molecular flexibility index (Phi) is 3.24. The number of sulfone groups is 1. The zero-order chi connectivity index (χ0) is 13.2. The number of hydrogen-bond acceptors (Lipinski definition) is 6. The molecule has 1 aliphatic heterocycles. The van der Waals surface area contributed by atoms with Crippen molar-refractivity contribution < 1.29 is 17.9 Å². The number of hydrogen-bond donors (Lipinski definition) is 1. The highest BCUT2D eigenvalue weighted by molar-refractivity contribution is 8.09. The second-order valence-corrected chi connectivity index (χ2v) is 5.48. The van der Waals surface area contributed by atoms with Crippen LogP contribution in [0, 0.1) is 0 Å². The molecule has 1 aromatic rings. The number of nitrogens with zero attached hydrogens (tertiary/aromatic N) is 1. The molecule has 1 heterocycles. The Balaban J connectivity index is 2.01. The van der Waals surface area contributed by atoms with Crippen molar-refractivity contribution in [3.63, 3.8) is 0 Å². The van der Waals surface area contributed by atoms with E-state index in [1.165, 1.54) is 6.20 Å². The van der Waals surface area contributed by atoms with E-state index in [2.05, 4.69) is 4.99 Å². The third-order valence-electron chi connectivity index (χ3n) is 2.40. The van der Waals surface area contributed by atoms with E-state index in [-0.39, 0.29) is 11.5 Å². The first-order chi connectivity index (χ1) is 8.54. The lowest BCUT2D eigenvalue weighted by Gasteiger charge is -2.07. The highest BCUT2D eigenvalue weighted by Gasteiger charge is 2.27. The first kappa shape index (κ1) is 12.4. The zero-order valence-corrected chi connectivity index (χ0v) is 10.5. The van der Waals surface area contributed by atoms with Gasteiger partial charge in [0.2, 0.25) is 15.0 Å². The molecule has 0 fully saturated rings. The van der Waals surface area contributed by atoms with Crippen LogP contribution in [0.4, 0.5) is 0 Å². The Hall–Kier alpha value is -2.02. The summed E-state index contributed by atoms with van der Waals surface area (Å²) in [7, 11) is -2.05. The summed E-state index contributed by atoms with van der Waals surface area (Å²) in [6, 6.07) is 6.81. The fourth-order valence-electron chi connectivity index (χ4n) is 1.35. The number of ether oxygens (including phenoxy) is 2. The number of benzene rings is 1. The third-order valence-corrected chi connectivity index (χ3v) is 3.97. The Morgan fingerprint density at radius 3 is 2.33 bits per heavy atom. The Morgan fingerprint density at radius 2 is 1.83 bits per heavy atom. The van der Waals surface area contributed by atoms with Gasteiger partial charge in [-0.1, -0.05) is 0 Å². The van der Waals surface area contributed by atoms with Gasteiger partial charge >= 0.3 is 0 Å². The highest BCUT2D eigenvalue weighted by Crippen LogP contribution is 2.20. The molecule has 0 atom stereocenters. The molecular formula is C11H12N2O4S. The van der Waals surface area contributed by atoms with Gasteiger partial charge in [0.1, 0.15) is 23.0 Å². The summed E-state index contributed by atoms with van der Waals surface area (Å²) in [6.45, 7) is -0.0984. The first-order valence-corrected chi connectivity index (χ1v) is 6.56. The molecule has 0 aliphatic carbocycles. The highest BCUT2D eigenvalue weighted by atomic mass is 32.2. The van der Waals surface area contributed by atoms with Gasteiger partial charge < -0.3 is 15.2 Å². The molecule has 0 spiro atoms. The number of methoxy groups -OCH3 is 1. The molecule has 1 aromatic carbocycles. The molecule has 0 saturated carbocycles. The van der Waals surface area contributed by atoms with Gasteiger partial charge in [-0.05, 0) is 24.3 Å². The Bertz CT molecular complexity index is 602. The third kappa shape index (κ3) is 2.30. The SMILES string of the molecule is COc1ccc(OCC2=CN=C(N)S2(=O)=O)cc1. The van der Waals surface area contributed by atoms with E-state index in [9.17, 15) is 8.42 Å². The summed E-state index contributed by atoms with van der Waals surface area (Å²) in [5.74, 6) is 1.24. The topological polar surface area (TPSA) is 91.0 Å². The maximum Gasteiger partial charge on any atom is 0.240 e. The van der Waals surface area contributed by atoms with Gasteiger partial charge in [0, 0.05) is 6.20 Å². The molecule has 2 N–H and O–H groups in total. The minimum atomic E-state index is -3.61. The van der Waals surface area contributed by atoms with Crippen molar-refractivity contribution in [3.05, 3.63) is 35.4 Å². The van der Waals surface area contributed by atoms with Crippen molar-refractivity contribution in [1.29, 1.82) is 0 Å². The molecule has 2 rings (SSSR count). The van der Waals surface area contributed by atoms with Crippen LogP contribution in [0.15, 0.2) is 40.4 Å². The minimum absolute atomic E-state index is 0.0517. The fourth-order valence-corrected chi connectivity index (χ4v) is 2.22. The van der Waals surface area contributed by atoms with E-state index in [1.54, 1.807) is 31.4 Å². The van der Waals surface area contributed by atoms with Crippen LogP contribution in [0.1, 0.15) is 0 Å². The van der Waals surface area contributed by atoms with E-state index < -0.39 is 15.0 Å². The van der Waals surface area contributed by atoms with Crippen LogP contribution < -0.4 is 15.2 Å². The second-order valence-electron chi connectivity index (χ2n) is 3.53. The lowest BCUT2D eigenvalue weighted by atomic mass is 10.3. The molecule has 0 aromatic heterocycles. The molecule has 0 saturated heterocycles. The van der Waals surface area contributed by atoms with Crippen LogP contribution in [-0.4, -0.2) is 27.3 Å². The van der Waals surface area contributed by atoms with E-state index >= 15 is 0 Å². The summed E-state index contributed by atoms with van der Waals surface area (Å²) in [4.78, 5) is 3.61. The number of amidine groups is 1. The van der Waals surface area contributed by atoms with Crippen molar-refractivity contribution in [1.82, 2.24) is 0 Å². The van der Waals surface area contributed by atoms with E-state index in [0.29, 0.717) is 11.5 Å². The summed E-state index contributed by atoms with van der Waals surface area (Å²) in [6.07, 6.45) is 1.20. The van der Waals surface area contributed by atoms with Crippen LogP contribution in [0.2, 0.25) is 0 Å². The van der Waals surface area contributed by atoms with Crippen molar-refractivity contribution in [2.24, 2.45) is 10.7 Å². The molecule has 96 valence electrons. The monoisotopic (exact) mass is 268 g/mol. The Labute approximate surface area is 105 Å². The maximum atomic E-state index is 11.6. The van der Waals surface area contributed by atoms with Crippen LogP contribution >= 0.6 is 0 Å². The lowest BCUT2D eigenvalue weighted by molar-refractivity contribution is 0.356. The van der Waals surface area contributed by atoms with Gasteiger partial charge in [0.05, 0.1) is 7.11 Å². The van der Waals surface area contributed by atoms with Gasteiger partial charge in [-0.3, -0.25) is 0 Å². The largest absolute Gasteiger partial charge is 0.497 e. The quantitative estimate of drug-likeness (QED) is 0.866. The minimum Gasteiger partial charge on any atom is -0.497 e. The summed E-state index contributed by atoms with van der Waals surface area (Å²) >= 11 is 0. The van der Waals surface area contributed by atoms with Crippen LogP contribution in [0.5, 0.6) is 11.5 Å². The standard InChI is InChI=1S/C11H12N2O4S/c1-16-8-2-4-9(5-3-8)17-7-10-6-13-11(12)18(10,14)15/h2-6H,7H2,1H3,(H2,12,13). The predicted molar refractivity (Wildman–Crippen MR) is 67.1 cm³/mol. The number of rotatable bonds is 4.